The molecule has 2 saturated heterocycles. The Morgan fingerprint density at radius 3 is 2.92 bits per heavy atom. The number of carbonyl (C=O) groups is 2. The predicted molar refractivity (Wildman–Crippen MR) is 88.9 cm³/mol. The van der Waals surface area contributed by atoms with Crippen LogP contribution in [0.1, 0.15) is 31.2 Å². The molecule has 6 heteroatoms. The van der Waals surface area contributed by atoms with E-state index in [2.05, 4.69) is 10.6 Å². The molecule has 130 valence electrons. The van der Waals surface area contributed by atoms with Gasteiger partial charge in [-0.2, -0.15) is 0 Å². The minimum Gasteiger partial charge on any atom is -0.357 e. The Morgan fingerprint density at radius 1 is 1.42 bits per heavy atom. The first-order valence-corrected chi connectivity index (χ1v) is 8.58. The summed E-state index contributed by atoms with van der Waals surface area (Å²) in [6.07, 6.45) is 3.49. The minimum atomic E-state index is -0.927. The molecular formula is C18H24FN3O2. The molecule has 0 aliphatic carbocycles. The monoisotopic (exact) mass is 333 g/mol. The first kappa shape index (κ1) is 16.9. The van der Waals surface area contributed by atoms with E-state index in [1.807, 2.05) is 6.07 Å². The van der Waals surface area contributed by atoms with Gasteiger partial charge in [0.2, 0.25) is 11.8 Å². The molecule has 2 aliphatic heterocycles. The molecule has 24 heavy (non-hydrogen) atoms. The van der Waals surface area contributed by atoms with E-state index in [4.69, 9.17) is 0 Å². The average molecular weight is 333 g/mol. The van der Waals surface area contributed by atoms with Crippen LogP contribution < -0.4 is 10.6 Å². The molecule has 1 aromatic rings. The third-order valence-corrected chi connectivity index (χ3v) is 5.15. The van der Waals surface area contributed by atoms with Crippen molar-refractivity contribution in [2.45, 2.75) is 43.7 Å². The summed E-state index contributed by atoms with van der Waals surface area (Å²) in [5, 5.41) is 5.93. The summed E-state index contributed by atoms with van der Waals surface area (Å²) >= 11 is 0. The third kappa shape index (κ3) is 3.02. The van der Waals surface area contributed by atoms with Crippen LogP contribution in [0.25, 0.3) is 0 Å². The fourth-order valence-electron chi connectivity index (χ4n) is 4.00. The van der Waals surface area contributed by atoms with Crippen LogP contribution >= 0.6 is 0 Å². The Balaban J connectivity index is 1.91. The molecule has 1 aromatic carbocycles. The highest BCUT2D eigenvalue weighted by atomic mass is 19.1. The van der Waals surface area contributed by atoms with Crippen LogP contribution in [0.2, 0.25) is 0 Å². The quantitative estimate of drug-likeness (QED) is 0.871. The van der Waals surface area contributed by atoms with Gasteiger partial charge in [0.05, 0.1) is 6.04 Å². The molecule has 2 N–H and O–H groups in total. The summed E-state index contributed by atoms with van der Waals surface area (Å²) in [6, 6.07) is 6.07. The minimum absolute atomic E-state index is 0.00926. The molecule has 0 aromatic heterocycles. The number of amides is 2. The van der Waals surface area contributed by atoms with Crippen molar-refractivity contribution in [1.82, 2.24) is 15.5 Å². The van der Waals surface area contributed by atoms with E-state index in [9.17, 15) is 14.0 Å². The zero-order valence-electron chi connectivity index (χ0n) is 14.0. The van der Waals surface area contributed by atoms with Gasteiger partial charge < -0.3 is 15.5 Å². The number of hydrogen-bond acceptors (Lipinski definition) is 3. The van der Waals surface area contributed by atoms with E-state index in [1.54, 1.807) is 18.0 Å². The van der Waals surface area contributed by atoms with Gasteiger partial charge in [0.1, 0.15) is 11.4 Å². The first-order valence-electron chi connectivity index (χ1n) is 8.58. The van der Waals surface area contributed by atoms with Crippen molar-refractivity contribution in [3.8, 4) is 0 Å². The van der Waals surface area contributed by atoms with E-state index in [0.717, 1.165) is 31.4 Å². The van der Waals surface area contributed by atoms with Crippen molar-refractivity contribution in [1.29, 1.82) is 0 Å². The fourth-order valence-corrected chi connectivity index (χ4v) is 4.00. The third-order valence-electron chi connectivity index (χ3n) is 5.15. The van der Waals surface area contributed by atoms with Crippen LogP contribution in [-0.4, -0.2) is 48.4 Å². The second kappa shape index (κ2) is 6.89. The number of hydrogen-bond donors (Lipinski definition) is 2. The summed E-state index contributed by atoms with van der Waals surface area (Å²) in [5.41, 5.74) is -0.193. The molecule has 0 radical (unpaired) electrons. The van der Waals surface area contributed by atoms with Crippen molar-refractivity contribution >= 4 is 11.8 Å². The molecule has 3 rings (SSSR count). The summed E-state index contributed by atoms with van der Waals surface area (Å²) in [4.78, 5) is 27.4. The van der Waals surface area contributed by atoms with Crippen LogP contribution in [0.5, 0.6) is 0 Å². The lowest BCUT2D eigenvalue weighted by Crippen LogP contribution is -2.60. The number of halogens is 1. The molecule has 2 fully saturated rings. The highest BCUT2D eigenvalue weighted by Crippen LogP contribution is 2.34. The number of likely N-dealkylation sites (N-methyl/N-ethyl adjacent to an activating group) is 1. The summed E-state index contributed by atoms with van der Waals surface area (Å²) in [6.45, 7) is 1.40. The molecule has 2 amide bonds. The number of nitrogens with one attached hydrogen (secondary N) is 2. The molecule has 2 atom stereocenters. The molecule has 2 aliphatic rings. The Labute approximate surface area is 141 Å². The van der Waals surface area contributed by atoms with E-state index in [-0.39, 0.29) is 23.7 Å². The number of benzene rings is 1. The van der Waals surface area contributed by atoms with Gasteiger partial charge in [-0.3, -0.25) is 9.59 Å². The lowest BCUT2D eigenvalue weighted by molar-refractivity contribution is -0.146. The highest BCUT2D eigenvalue weighted by Gasteiger charge is 2.50. The van der Waals surface area contributed by atoms with Gasteiger partial charge in [-0.15, -0.1) is 0 Å². The van der Waals surface area contributed by atoms with Crippen LogP contribution in [0.15, 0.2) is 24.3 Å². The highest BCUT2D eigenvalue weighted by molar-refractivity contribution is 5.94. The predicted octanol–water partition coefficient (Wildman–Crippen LogP) is 1.23. The molecule has 1 unspecified atom stereocenters. The number of likely N-dealkylation sites (tertiary alicyclic amines) is 1. The van der Waals surface area contributed by atoms with Crippen molar-refractivity contribution < 1.29 is 14.0 Å². The van der Waals surface area contributed by atoms with Gasteiger partial charge in [0, 0.05) is 20.0 Å². The standard InChI is InChI=1S/C18H24FN3O2/c1-20-17(24)18(12-13-5-2-6-14(19)11-13)8-4-10-22(18)16(23)15-7-3-9-21-15/h2,5-6,11,15,21H,3-4,7-10,12H2,1H3,(H,20,24)/t15?,18-/m1/s1. The van der Waals surface area contributed by atoms with Gasteiger partial charge in [0.25, 0.3) is 0 Å². The number of carbonyl (C=O) groups excluding carboxylic acids is 2. The molecule has 0 saturated carbocycles. The first-order chi connectivity index (χ1) is 11.6. The normalized spacial score (nSPS) is 26.6. The molecule has 2 heterocycles. The van der Waals surface area contributed by atoms with Crippen LogP contribution in [0, 0.1) is 5.82 Å². The van der Waals surface area contributed by atoms with E-state index in [0.29, 0.717) is 19.4 Å². The molecule has 5 nitrogen and oxygen atoms in total. The lowest BCUT2D eigenvalue weighted by Gasteiger charge is -2.38. The second-order valence-corrected chi connectivity index (χ2v) is 6.66. The van der Waals surface area contributed by atoms with Crippen molar-refractivity contribution in [2.75, 3.05) is 20.1 Å². The Kier molecular flexibility index (Phi) is 4.85. The van der Waals surface area contributed by atoms with Crippen LogP contribution in [-0.2, 0) is 16.0 Å². The molecular weight excluding hydrogens is 309 g/mol. The van der Waals surface area contributed by atoms with Crippen LogP contribution in [0.3, 0.4) is 0 Å². The maximum atomic E-state index is 13.6. The zero-order valence-corrected chi connectivity index (χ0v) is 14.0. The maximum absolute atomic E-state index is 13.6. The SMILES string of the molecule is CNC(=O)[C@]1(Cc2cccc(F)c2)CCCN1C(=O)C1CCCN1. The smallest absolute Gasteiger partial charge is 0.246 e. The largest absolute Gasteiger partial charge is 0.357 e. The fraction of sp³-hybridized carbons (Fsp3) is 0.556. The molecule has 0 bridgehead atoms. The van der Waals surface area contributed by atoms with Crippen molar-refractivity contribution in [3.63, 3.8) is 0 Å². The zero-order chi connectivity index (χ0) is 17.2. The van der Waals surface area contributed by atoms with Gasteiger partial charge in [0.15, 0.2) is 0 Å². The number of nitrogens with zero attached hydrogens (tertiary/aromatic N) is 1. The Hall–Kier alpha value is -1.95. The summed E-state index contributed by atoms with van der Waals surface area (Å²) in [7, 11) is 1.59. The van der Waals surface area contributed by atoms with Gasteiger partial charge in [-0.05, 0) is 49.9 Å². The van der Waals surface area contributed by atoms with Crippen LogP contribution in [0.4, 0.5) is 4.39 Å². The maximum Gasteiger partial charge on any atom is 0.246 e. The Morgan fingerprint density at radius 2 is 2.25 bits per heavy atom. The van der Waals surface area contributed by atoms with E-state index in [1.165, 1.54) is 12.1 Å². The molecule has 0 spiro atoms. The topological polar surface area (TPSA) is 61.4 Å². The van der Waals surface area contributed by atoms with Crippen molar-refractivity contribution in [2.24, 2.45) is 0 Å². The van der Waals surface area contributed by atoms with E-state index >= 15 is 0 Å². The lowest BCUT2D eigenvalue weighted by atomic mass is 9.86. The van der Waals surface area contributed by atoms with E-state index < -0.39 is 5.54 Å². The van der Waals surface area contributed by atoms with Gasteiger partial charge in [-0.25, -0.2) is 4.39 Å². The van der Waals surface area contributed by atoms with Gasteiger partial charge >= 0.3 is 0 Å². The van der Waals surface area contributed by atoms with Gasteiger partial charge in [-0.1, -0.05) is 12.1 Å². The Bertz CT molecular complexity index is 630. The number of rotatable bonds is 4. The summed E-state index contributed by atoms with van der Waals surface area (Å²) in [5.74, 6) is -0.506. The summed E-state index contributed by atoms with van der Waals surface area (Å²) < 4.78 is 13.6. The second-order valence-electron chi connectivity index (χ2n) is 6.66. The average Bonchev–Trinajstić information content (AvgIpc) is 3.24. The van der Waals surface area contributed by atoms with Crippen molar-refractivity contribution in [3.05, 3.63) is 35.6 Å².